The van der Waals surface area contributed by atoms with Gasteiger partial charge < -0.3 is 5.32 Å². The maximum Gasteiger partial charge on any atom is 0.220 e. The van der Waals surface area contributed by atoms with E-state index in [1.54, 1.807) is 6.54 Å². The predicted octanol–water partition coefficient (Wildman–Crippen LogP) is 1.47. The number of amides is 1. The van der Waals surface area contributed by atoms with E-state index in [9.17, 15) is 4.79 Å². The van der Waals surface area contributed by atoms with Gasteiger partial charge in [-0.15, -0.1) is 0 Å². The molecule has 0 heterocycles. The van der Waals surface area contributed by atoms with E-state index in [4.69, 9.17) is 0 Å². The smallest absolute Gasteiger partial charge is 0.220 e. The van der Waals surface area contributed by atoms with E-state index in [0.717, 1.165) is 12.8 Å². The molecule has 0 aromatic rings. The second-order valence-electron chi connectivity index (χ2n) is 1.96. The van der Waals surface area contributed by atoms with Crippen molar-refractivity contribution >= 4 is 5.91 Å². The van der Waals surface area contributed by atoms with Crippen molar-refractivity contribution in [1.82, 2.24) is 5.32 Å². The Morgan fingerprint density at radius 3 is 2.78 bits per heavy atom. The fourth-order valence-electron chi connectivity index (χ4n) is 0.570. The standard InChI is InChI=1S/C7H14NO/c1-3-5-6-7(9)8-4-2/h4H,3,5-6H2,1-2H3,(H,8,9). The Balaban J connectivity index is 3.06. The van der Waals surface area contributed by atoms with Crippen molar-refractivity contribution in [2.45, 2.75) is 33.1 Å². The Morgan fingerprint density at radius 2 is 2.33 bits per heavy atom. The summed E-state index contributed by atoms with van der Waals surface area (Å²) in [5.41, 5.74) is 0. The minimum absolute atomic E-state index is 0.124. The second kappa shape index (κ2) is 5.60. The van der Waals surface area contributed by atoms with E-state index in [1.807, 2.05) is 6.92 Å². The number of unbranched alkanes of at least 4 members (excludes halogenated alkanes) is 1. The van der Waals surface area contributed by atoms with Gasteiger partial charge in [-0.25, -0.2) is 0 Å². The van der Waals surface area contributed by atoms with Gasteiger partial charge in [0.2, 0.25) is 5.91 Å². The first-order valence-corrected chi connectivity index (χ1v) is 3.38. The van der Waals surface area contributed by atoms with Crippen molar-refractivity contribution in [3.63, 3.8) is 0 Å². The van der Waals surface area contributed by atoms with Gasteiger partial charge in [0, 0.05) is 13.0 Å². The van der Waals surface area contributed by atoms with Crippen LogP contribution >= 0.6 is 0 Å². The topological polar surface area (TPSA) is 29.1 Å². The van der Waals surface area contributed by atoms with Crippen LogP contribution in [0.15, 0.2) is 0 Å². The van der Waals surface area contributed by atoms with Crippen LogP contribution in [-0.4, -0.2) is 5.91 Å². The van der Waals surface area contributed by atoms with Crippen molar-refractivity contribution in [3.8, 4) is 0 Å². The van der Waals surface area contributed by atoms with Crippen LogP contribution in [0.4, 0.5) is 0 Å². The summed E-state index contributed by atoms with van der Waals surface area (Å²) >= 11 is 0. The van der Waals surface area contributed by atoms with Crippen LogP contribution in [0.2, 0.25) is 0 Å². The summed E-state index contributed by atoms with van der Waals surface area (Å²) in [6.45, 7) is 5.55. The molecule has 0 rings (SSSR count). The third kappa shape index (κ3) is 5.34. The van der Waals surface area contributed by atoms with Gasteiger partial charge in [0.05, 0.1) is 0 Å². The highest BCUT2D eigenvalue weighted by Crippen LogP contribution is 1.92. The van der Waals surface area contributed by atoms with Gasteiger partial charge in [-0.05, 0) is 13.3 Å². The molecular weight excluding hydrogens is 114 g/mol. The van der Waals surface area contributed by atoms with E-state index in [-0.39, 0.29) is 5.91 Å². The van der Waals surface area contributed by atoms with Crippen LogP contribution in [-0.2, 0) is 4.79 Å². The minimum Gasteiger partial charge on any atom is -0.352 e. The van der Waals surface area contributed by atoms with Gasteiger partial charge in [-0.2, -0.15) is 0 Å². The molecule has 0 aromatic carbocycles. The summed E-state index contributed by atoms with van der Waals surface area (Å²) in [6, 6.07) is 0. The van der Waals surface area contributed by atoms with Crippen LogP contribution in [0, 0.1) is 6.54 Å². The predicted molar refractivity (Wildman–Crippen MR) is 37.6 cm³/mol. The first-order chi connectivity index (χ1) is 4.31. The Morgan fingerprint density at radius 1 is 1.67 bits per heavy atom. The lowest BCUT2D eigenvalue weighted by atomic mass is 10.2. The molecule has 1 N–H and O–H groups in total. The fourth-order valence-corrected chi connectivity index (χ4v) is 0.570. The molecule has 0 aliphatic heterocycles. The van der Waals surface area contributed by atoms with Crippen molar-refractivity contribution in [1.29, 1.82) is 0 Å². The van der Waals surface area contributed by atoms with Gasteiger partial charge in [0.15, 0.2) is 0 Å². The first kappa shape index (κ1) is 8.47. The van der Waals surface area contributed by atoms with Crippen LogP contribution in [0.5, 0.6) is 0 Å². The maximum absolute atomic E-state index is 10.7. The zero-order valence-corrected chi connectivity index (χ0v) is 6.11. The summed E-state index contributed by atoms with van der Waals surface area (Å²) in [6.07, 6.45) is 2.72. The van der Waals surface area contributed by atoms with E-state index >= 15 is 0 Å². The van der Waals surface area contributed by atoms with E-state index in [1.165, 1.54) is 0 Å². The van der Waals surface area contributed by atoms with Crippen LogP contribution < -0.4 is 5.32 Å². The molecule has 0 aromatic heterocycles. The normalized spacial score (nSPS) is 9.11. The third-order valence-electron chi connectivity index (χ3n) is 1.06. The summed E-state index contributed by atoms with van der Waals surface area (Å²) in [5, 5.41) is 2.62. The molecule has 0 aliphatic carbocycles. The van der Waals surface area contributed by atoms with Crippen molar-refractivity contribution in [2.24, 2.45) is 0 Å². The quantitative estimate of drug-likeness (QED) is 0.610. The van der Waals surface area contributed by atoms with Crippen LogP contribution in [0.3, 0.4) is 0 Å². The average molecular weight is 128 g/mol. The monoisotopic (exact) mass is 128 g/mol. The largest absolute Gasteiger partial charge is 0.352 e. The molecule has 53 valence electrons. The fraction of sp³-hybridized carbons (Fsp3) is 0.714. The molecule has 0 atom stereocenters. The van der Waals surface area contributed by atoms with Gasteiger partial charge in [-0.1, -0.05) is 13.3 Å². The van der Waals surface area contributed by atoms with Gasteiger partial charge in [0.1, 0.15) is 0 Å². The molecule has 0 unspecified atom stereocenters. The molecule has 0 saturated heterocycles. The number of carbonyl (C=O) groups excluding carboxylic acids is 1. The number of hydrogen-bond acceptors (Lipinski definition) is 1. The van der Waals surface area contributed by atoms with E-state index in [0.29, 0.717) is 6.42 Å². The Hall–Kier alpha value is -0.530. The molecule has 0 aliphatic rings. The first-order valence-electron chi connectivity index (χ1n) is 3.38. The van der Waals surface area contributed by atoms with Crippen molar-refractivity contribution < 1.29 is 4.79 Å². The van der Waals surface area contributed by atoms with Crippen molar-refractivity contribution in [3.05, 3.63) is 6.54 Å². The average Bonchev–Trinajstić information content (AvgIpc) is 1.85. The molecule has 2 heteroatoms. The summed E-state index contributed by atoms with van der Waals surface area (Å²) in [5.74, 6) is 0.124. The number of rotatable bonds is 4. The van der Waals surface area contributed by atoms with Gasteiger partial charge in [0.25, 0.3) is 0 Å². The number of nitrogens with one attached hydrogen (secondary N) is 1. The lowest BCUT2D eigenvalue weighted by molar-refractivity contribution is -0.120. The zero-order valence-electron chi connectivity index (χ0n) is 6.11. The lowest BCUT2D eigenvalue weighted by Crippen LogP contribution is -2.18. The van der Waals surface area contributed by atoms with Crippen molar-refractivity contribution in [2.75, 3.05) is 0 Å². The third-order valence-corrected chi connectivity index (χ3v) is 1.06. The molecular formula is C7H14NO. The highest BCUT2D eigenvalue weighted by Gasteiger charge is 1.95. The highest BCUT2D eigenvalue weighted by atomic mass is 16.1. The van der Waals surface area contributed by atoms with Crippen LogP contribution in [0.1, 0.15) is 33.1 Å². The van der Waals surface area contributed by atoms with E-state index < -0.39 is 0 Å². The molecule has 2 nitrogen and oxygen atoms in total. The molecule has 0 saturated carbocycles. The Labute approximate surface area is 56.6 Å². The lowest BCUT2D eigenvalue weighted by Gasteiger charge is -1.97. The van der Waals surface area contributed by atoms with Gasteiger partial charge >= 0.3 is 0 Å². The minimum atomic E-state index is 0.124. The number of carbonyl (C=O) groups is 1. The Kier molecular flexibility index (Phi) is 5.27. The van der Waals surface area contributed by atoms with Crippen LogP contribution in [0.25, 0.3) is 0 Å². The molecule has 0 fully saturated rings. The van der Waals surface area contributed by atoms with E-state index in [2.05, 4.69) is 12.2 Å². The summed E-state index contributed by atoms with van der Waals surface area (Å²) in [4.78, 5) is 10.7. The second-order valence-corrected chi connectivity index (χ2v) is 1.96. The molecule has 0 bridgehead atoms. The highest BCUT2D eigenvalue weighted by molar-refractivity contribution is 5.76. The maximum atomic E-state index is 10.7. The summed E-state index contributed by atoms with van der Waals surface area (Å²) < 4.78 is 0. The molecule has 1 radical (unpaired) electrons. The SMILES string of the molecule is C[CH]NC(=O)CCCC. The van der Waals surface area contributed by atoms with Gasteiger partial charge in [-0.3, -0.25) is 4.79 Å². The molecule has 0 spiro atoms. The molecule has 1 amide bonds. The zero-order chi connectivity index (χ0) is 7.11. The molecule has 9 heavy (non-hydrogen) atoms. The summed E-state index contributed by atoms with van der Waals surface area (Å²) in [7, 11) is 0. The number of hydrogen-bond donors (Lipinski definition) is 1. The Bertz CT molecular complexity index is 81.0.